The van der Waals surface area contributed by atoms with Crippen molar-refractivity contribution in [2.75, 3.05) is 11.8 Å². The van der Waals surface area contributed by atoms with Gasteiger partial charge in [0.2, 0.25) is 0 Å². The monoisotopic (exact) mass is 348 g/mol. The highest BCUT2D eigenvalue weighted by Gasteiger charge is 2.21. The van der Waals surface area contributed by atoms with Crippen LogP contribution in [0, 0.1) is 0 Å². The third kappa shape index (κ3) is 2.90. The van der Waals surface area contributed by atoms with Crippen molar-refractivity contribution in [3.63, 3.8) is 0 Å². The number of benzene rings is 1. The van der Waals surface area contributed by atoms with Gasteiger partial charge in [0.15, 0.2) is 0 Å². The van der Waals surface area contributed by atoms with Crippen LogP contribution in [0.25, 0.3) is 10.8 Å². The van der Waals surface area contributed by atoms with Crippen LogP contribution >= 0.6 is 11.3 Å². The molecule has 0 saturated heterocycles. The molecule has 0 spiro atoms. The third-order valence-corrected chi connectivity index (χ3v) is 5.41. The lowest BCUT2D eigenvalue weighted by atomic mass is 10.2. The molecule has 0 fully saturated rings. The first-order valence-electron chi connectivity index (χ1n) is 6.53. The summed E-state index contributed by atoms with van der Waals surface area (Å²) < 4.78 is 32.5. The maximum atomic E-state index is 12.7. The summed E-state index contributed by atoms with van der Waals surface area (Å²) in [5.74, 6) is -0.592. The van der Waals surface area contributed by atoms with Crippen molar-refractivity contribution in [2.24, 2.45) is 0 Å². The predicted molar refractivity (Wildman–Crippen MR) is 88.2 cm³/mol. The Morgan fingerprint density at radius 1 is 1.26 bits per heavy atom. The van der Waals surface area contributed by atoms with E-state index >= 15 is 0 Å². The predicted octanol–water partition coefficient (Wildman–Crippen LogP) is 2.88. The fourth-order valence-corrected chi connectivity index (χ4v) is 4.30. The number of ether oxygens (including phenoxy) is 1. The number of methoxy groups -OCH3 is 1. The van der Waals surface area contributed by atoms with Gasteiger partial charge in [-0.2, -0.15) is 0 Å². The average Bonchev–Trinajstić information content (AvgIpc) is 3.01. The number of carbonyl (C=O) groups excluding carboxylic acids is 1. The van der Waals surface area contributed by atoms with Crippen LogP contribution < -0.4 is 4.72 Å². The molecular formula is C15H12N2O4S2. The molecule has 0 radical (unpaired) electrons. The Morgan fingerprint density at radius 2 is 2.09 bits per heavy atom. The van der Waals surface area contributed by atoms with E-state index in [-0.39, 0.29) is 16.1 Å². The van der Waals surface area contributed by atoms with E-state index in [0.717, 1.165) is 0 Å². The average molecular weight is 348 g/mol. The number of nitrogens with one attached hydrogen (secondary N) is 1. The minimum atomic E-state index is -3.85. The van der Waals surface area contributed by atoms with Crippen LogP contribution in [0.5, 0.6) is 0 Å². The molecule has 1 N–H and O–H groups in total. The number of fused-ring (bicyclic) bond motifs is 1. The highest BCUT2D eigenvalue weighted by atomic mass is 32.2. The van der Waals surface area contributed by atoms with Crippen LogP contribution in [-0.2, 0) is 14.8 Å². The zero-order valence-electron chi connectivity index (χ0n) is 12.0. The fraction of sp³-hybridized carbons (Fsp3) is 0.0667. The second kappa shape index (κ2) is 5.98. The second-order valence-electron chi connectivity index (χ2n) is 4.65. The van der Waals surface area contributed by atoms with Gasteiger partial charge >= 0.3 is 5.97 Å². The molecule has 0 amide bonds. The quantitative estimate of drug-likeness (QED) is 0.733. The normalized spacial score (nSPS) is 11.3. The Hall–Kier alpha value is -2.45. The van der Waals surface area contributed by atoms with Gasteiger partial charge in [0.25, 0.3) is 10.0 Å². The third-order valence-electron chi connectivity index (χ3n) is 3.24. The standard InChI is InChI=1S/C15H12N2O4S2/c1-21-15(18)12-8-22-9-13(12)17-23(19,20)14-4-2-3-10-7-16-6-5-11(10)14/h2-9,17H,1H3. The summed E-state index contributed by atoms with van der Waals surface area (Å²) in [7, 11) is -2.61. The smallest absolute Gasteiger partial charge is 0.340 e. The highest BCUT2D eigenvalue weighted by molar-refractivity contribution is 7.93. The lowest BCUT2D eigenvalue weighted by molar-refractivity contribution is 0.0602. The molecule has 2 aromatic heterocycles. The van der Waals surface area contributed by atoms with E-state index < -0.39 is 16.0 Å². The molecule has 118 valence electrons. The van der Waals surface area contributed by atoms with Crippen molar-refractivity contribution in [1.82, 2.24) is 4.98 Å². The van der Waals surface area contributed by atoms with Gasteiger partial charge in [0.1, 0.15) is 0 Å². The van der Waals surface area contributed by atoms with Crippen LogP contribution in [0.15, 0.2) is 52.3 Å². The topological polar surface area (TPSA) is 85.4 Å². The number of esters is 1. The molecule has 8 heteroatoms. The SMILES string of the molecule is COC(=O)c1cscc1NS(=O)(=O)c1cccc2cnccc12. The largest absolute Gasteiger partial charge is 0.465 e. The van der Waals surface area contributed by atoms with Crippen molar-refractivity contribution in [3.05, 3.63) is 53.0 Å². The molecule has 1 aromatic carbocycles. The van der Waals surface area contributed by atoms with Gasteiger partial charge in [0, 0.05) is 33.9 Å². The number of hydrogen-bond acceptors (Lipinski definition) is 6. The first kappa shape index (κ1) is 15.4. The molecule has 0 bridgehead atoms. The van der Waals surface area contributed by atoms with E-state index in [4.69, 9.17) is 0 Å². The number of pyridine rings is 1. The van der Waals surface area contributed by atoms with Crippen LogP contribution in [0.4, 0.5) is 5.69 Å². The van der Waals surface area contributed by atoms with E-state index in [2.05, 4.69) is 14.4 Å². The number of hydrogen-bond donors (Lipinski definition) is 1. The van der Waals surface area contributed by atoms with Gasteiger partial charge < -0.3 is 4.74 Å². The van der Waals surface area contributed by atoms with E-state index in [1.165, 1.54) is 36.1 Å². The Kier molecular flexibility index (Phi) is 4.01. The van der Waals surface area contributed by atoms with Crippen LogP contribution in [0.3, 0.4) is 0 Å². The van der Waals surface area contributed by atoms with Gasteiger partial charge in [0.05, 0.1) is 23.3 Å². The molecule has 0 aliphatic heterocycles. The zero-order chi connectivity index (χ0) is 16.4. The molecule has 3 rings (SSSR count). The Labute approximate surface area is 136 Å². The van der Waals surface area contributed by atoms with Crippen LogP contribution in [-0.4, -0.2) is 26.5 Å². The first-order valence-corrected chi connectivity index (χ1v) is 8.95. The van der Waals surface area contributed by atoms with E-state index in [0.29, 0.717) is 10.8 Å². The molecule has 0 aliphatic carbocycles. The molecule has 2 heterocycles. The summed E-state index contributed by atoms with van der Waals surface area (Å²) in [6.45, 7) is 0. The molecule has 3 aromatic rings. The summed E-state index contributed by atoms with van der Waals surface area (Å²) in [5.41, 5.74) is 0.385. The van der Waals surface area contributed by atoms with Crippen LogP contribution in [0.1, 0.15) is 10.4 Å². The van der Waals surface area contributed by atoms with E-state index in [9.17, 15) is 13.2 Å². The lowest BCUT2D eigenvalue weighted by Gasteiger charge is -2.10. The summed E-state index contributed by atoms with van der Waals surface area (Å²) in [6.07, 6.45) is 3.13. The number of anilines is 1. The minimum Gasteiger partial charge on any atom is -0.465 e. The van der Waals surface area contributed by atoms with Gasteiger partial charge in [-0.1, -0.05) is 12.1 Å². The van der Waals surface area contributed by atoms with Gasteiger partial charge in [-0.15, -0.1) is 11.3 Å². The minimum absolute atomic E-state index is 0.124. The van der Waals surface area contributed by atoms with Gasteiger partial charge in [-0.25, -0.2) is 13.2 Å². The fourth-order valence-electron chi connectivity index (χ4n) is 2.17. The molecule has 0 saturated carbocycles. The summed E-state index contributed by atoms with van der Waals surface area (Å²) in [4.78, 5) is 15.8. The zero-order valence-corrected chi connectivity index (χ0v) is 13.6. The second-order valence-corrected chi connectivity index (χ2v) is 7.04. The Morgan fingerprint density at radius 3 is 2.87 bits per heavy atom. The van der Waals surface area contributed by atoms with Crippen molar-refractivity contribution in [2.45, 2.75) is 4.90 Å². The molecular weight excluding hydrogens is 336 g/mol. The Bertz CT molecular complexity index is 975. The number of thiophene rings is 1. The Balaban J connectivity index is 2.06. The molecule has 0 aliphatic rings. The summed E-state index contributed by atoms with van der Waals surface area (Å²) >= 11 is 1.21. The number of sulfonamides is 1. The van der Waals surface area contributed by atoms with Crippen LogP contribution in [0.2, 0.25) is 0 Å². The molecule has 0 unspecified atom stereocenters. The van der Waals surface area contributed by atoms with Crippen molar-refractivity contribution >= 4 is 43.8 Å². The highest BCUT2D eigenvalue weighted by Crippen LogP contribution is 2.28. The molecule has 0 atom stereocenters. The summed E-state index contributed by atoms with van der Waals surface area (Å²) in [6, 6.07) is 6.58. The van der Waals surface area contributed by atoms with Crippen molar-refractivity contribution in [1.29, 1.82) is 0 Å². The van der Waals surface area contributed by atoms with Gasteiger partial charge in [-0.05, 0) is 12.1 Å². The number of nitrogens with zero attached hydrogens (tertiary/aromatic N) is 1. The van der Waals surface area contributed by atoms with E-state index in [1.54, 1.807) is 29.8 Å². The first-order chi connectivity index (χ1) is 11.0. The van der Waals surface area contributed by atoms with E-state index in [1.807, 2.05) is 0 Å². The lowest BCUT2D eigenvalue weighted by Crippen LogP contribution is -2.15. The summed E-state index contributed by atoms with van der Waals surface area (Å²) in [5, 5.41) is 4.37. The number of rotatable bonds is 4. The number of carbonyl (C=O) groups is 1. The number of aromatic nitrogens is 1. The van der Waals surface area contributed by atoms with Crippen molar-refractivity contribution in [3.8, 4) is 0 Å². The molecule has 23 heavy (non-hydrogen) atoms. The molecule has 6 nitrogen and oxygen atoms in total. The van der Waals surface area contributed by atoms with Crippen molar-refractivity contribution < 1.29 is 17.9 Å². The maximum Gasteiger partial charge on any atom is 0.340 e. The maximum absolute atomic E-state index is 12.7. The van der Waals surface area contributed by atoms with Gasteiger partial charge in [-0.3, -0.25) is 9.71 Å².